The van der Waals surface area contributed by atoms with Gasteiger partial charge < -0.3 is 5.32 Å². The number of hydrogen-bond donors (Lipinski definition) is 1. The van der Waals surface area contributed by atoms with Crippen LogP contribution in [0.5, 0.6) is 0 Å². The van der Waals surface area contributed by atoms with Crippen LogP contribution in [0, 0.1) is 6.92 Å². The van der Waals surface area contributed by atoms with Gasteiger partial charge in [-0.3, -0.25) is 4.57 Å². The predicted octanol–water partition coefficient (Wildman–Crippen LogP) is 1.21. The van der Waals surface area contributed by atoms with E-state index in [1.165, 1.54) is 32.8 Å². The van der Waals surface area contributed by atoms with Gasteiger partial charge in [-0.15, -0.1) is 10.2 Å². The third kappa shape index (κ3) is 1.92. The standard InChI is InChI=1S/C20H18N4/c1-13-22-23-20-9-7-15-10-14(6-8-19(15)24(13)20)18-12-21-11-16-4-2-3-5-17(16)18/h2-6,8,10-11,21H,7,9,12H2,1H3. The van der Waals surface area contributed by atoms with Crippen LogP contribution in [-0.2, 0) is 12.8 Å². The van der Waals surface area contributed by atoms with Gasteiger partial charge in [0.05, 0.1) is 5.69 Å². The molecule has 4 nitrogen and oxygen atoms in total. The van der Waals surface area contributed by atoms with Crippen LogP contribution in [0.3, 0.4) is 0 Å². The molecule has 2 aromatic carbocycles. The molecule has 4 heteroatoms. The Labute approximate surface area is 140 Å². The maximum absolute atomic E-state index is 4.29. The van der Waals surface area contributed by atoms with Crippen molar-refractivity contribution in [2.75, 3.05) is 6.54 Å². The quantitative estimate of drug-likeness (QED) is 0.734. The van der Waals surface area contributed by atoms with Gasteiger partial charge >= 0.3 is 0 Å². The fourth-order valence-electron chi connectivity index (χ4n) is 3.83. The summed E-state index contributed by atoms with van der Waals surface area (Å²) in [5.41, 5.74) is 5.27. The third-order valence-electron chi connectivity index (χ3n) is 5.00. The molecule has 0 amide bonds. The van der Waals surface area contributed by atoms with Gasteiger partial charge in [0, 0.05) is 19.2 Å². The first-order chi connectivity index (χ1) is 11.8. The van der Waals surface area contributed by atoms with E-state index in [-0.39, 0.29) is 0 Å². The molecule has 0 bridgehead atoms. The maximum atomic E-state index is 4.29. The fourth-order valence-corrected chi connectivity index (χ4v) is 3.83. The zero-order chi connectivity index (χ0) is 16.1. The molecule has 2 aliphatic heterocycles. The molecule has 0 fully saturated rings. The lowest BCUT2D eigenvalue weighted by atomic mass is 9.94. The summed E-state index contributed by atoms with van der Waals surface area (Å²) in [5, 5.41) is 14.5. The number of hydrogen-bond acceptors (Lipinski definition) is 3. The van der Waals surface area contributed by atoms with Gasteiger partial charge in [0.15, 0.2) is 0 Å². The highest BCUT2D eigenvalue weighted by atomic mass is 15.3. The van der Waals surface area contributed by atoms with Crippen LogP contribution in [0.1, 0.15) is 22.8 Å². The number of aryl methyl sites for hydroxylation is 3. The van der Waals surface area contributed by atoms with Crippen molar-refractivity contribution >= 4 is 11.8 Å². The van der Waals surface area contributed by atoms with Crippen LogP contribution in [0.15, 0.2) is 42.5 Å². The lowest BCUT2D eigenvalue weighted by Gasteiger charge is -2.21. The van der Waals surface area contributed by atoms with Crippen molar-refractivity contribution < 1.29 is 0 Å². The largest absolute Gasteiger partial charge is 0.386 e. The topological polar surface area (TPSA) is 42.7 Å². The van der Waals surface area contributed by atoms with Crippen molar-refractivity contribution in [3.63, 3.8) is 0 Å². The fraction of sp³-hybridized carbons (Fsp3) is 0.200. The molecule has 0 aliphatic carbocycles. The molecule has 118 valence electrons. The molecule has 1 aromatic heterocycles. The second-order valence-electron chi connectivity index (χ2n) is 6.43. The van der Waals surface area contributed by atoms with E-state index >= 15 is 0 Å². The van der Waals surface area contributed by atoms with Crippen molar-refractivity contribution in [3.8, 4) is 5.69 Å². The van der Waals surface area contributed by atoms with E-state index in [1.54, 1.807) is 0 Å². The van der Waals surface area contributed by atoms with Crippen molar-refractivity contribution in [2.24, 2.45) is 0 Å². The Hall–Kier alpha value is -2.88. The second-order valence-corrected chi connectivity index (χ2v) is 6.43. The smallest absolute Gasteiger partial charge is 0.137 e. The lowest BCUT2D eigenvalue weighted by molar-refractivity contribution is 0.766. The molecule has 24 heavy (non-hydrogen) atoms. The molecule has 1 N–H and O–H groups in total. The summed E-state index contributed by atoms with van der Waals surface area (Å²) < 4.78 is 2.19. The average Bonchev–Trinajstić information content (AvgIpc) is 3.02. The molecule has 0 saturated carbocycles. The molecule has 0 saturated heterocycles. The van der Waals surface area contributed by atoms with E-state index in [2.05, 4.69) is 68.7 Å². The summed E-state index contributed by atoms with van der Waals surface area (Å²) in [4.78, 5) is 0. The van der Waals surface area contributed by atoms with Crippen molar-refractivity contribution in [1.82, 2.24) is 20.1 Å². The van der Waals surface area contributed by atoms with E-state index in [0.717, 1.165) is 31.0 Å². The Morgan fingerprint density at radius 3 is 2.92 bits per heavy atom. The number of benzene rings is 2. The monoisotopic (exact) mass is 314 g/mol. The van der Waals surface area contributed by atoms with Crippen LogP contribution < -0.4 is 15.8 Å². The summed E-state index contributed by atoms with van der Waals surface area (Å²) >= 11 is 0. The summed E-state index contributed by atoms with van der Waals surface area (Å²) in [6.45, 7) is 2.89. The minimum Gasteiger partial charge on any atom is -0.386 e. The minimum absolute atomic E-state index is 0.868. The Bertz CT molecular complexity index is 1080. The van der Waals surface area contributed by atoms with Crippen LogP contribution in [0.25, 0.3) is 17.5 Å². The first kappa shape index (κ1) is 13.5. The first-order valence-electron chi connectivity index (χ1n) is 8.37. The molecule has 0 atom stereocenters. The van der Waals surface area contributed by atoms with Gasteiger partial charge in [-0.2, -0.15) is 0 Å². The highest BCUT2D eigenvalue weighted by molar-refractivity contribution is 5.71. The van der Waals surface area contributed by atoms with Crippen LogP contribution in [0.4, 0.5) is 0 Å². The van der Waals surface area contributed by atoms with Crippen LogP contribution >= 0.6 is 0 Å². The number of rotatable bonds is 1. The minimum atomic E-state index is 0.868. The molecule has 0 radical (unpaired) electrons. The van der Waals surface area contributed by atoms with Crippen LogP contribution in [0.2, 0.25) is 0 Å². The van der Waals surface area contributed by atoms with Gasteiger partial charge in [-0.25, -0.2) is 0 Å². The molecule has 0 spiro atoms. The zero-order valence-electron chi connectivity index (χ0n) is 13.6. The Morgan fingerprint density at radius 2 is 1.96 bits per heavy atom. The summed E-state index contributed by atoms with van der Waals surface area (Å²) in [6.07, 6.45) is 4.08. The maximum Gasteiger partial charge on any atom is 0.137 e. The number of nitrogens with zero attached hydrogens (tertiary/aromatic N) is 3. The predicted molar refractivity (Wildman–Crippen MR) is 94.2 cm³/mol. The SMILES string of the molecule is Cc1nnc2n1-c1ccc(C3=c4ccccc4=CNC3)cc1CC2. The summed E-state index contributed by atoms with van der Waals surface area (Å²) in [6, 6.07) is 15.4. The van der Waals surface area contributed by atoms with E-state index in [9.17, 15) is 0 Å². The first-order valence-corrected chi connectivity index (χ1v) is 8.37. The highest BCUT2D eigenvalue weighted by Crippen LogP contribution is 2.27. The highest BCUT2D eigenvalue weighted by Gasteiger charge is 2.20. The molecule has 2 aliphatic rings. The van der Waals surface area contributed by atoms with Crippen molar-refractivity contribution in [2.45, 2.75) is 19.8 Å². The summed E-state index contributed by atoms with van der Waals surface area (Å²) in [7, 11) is 0. The van der Waals surface area contributed by atoms with Gasteiger partial charge in [0.25, 0.3) is 0 Å². The molecule has 3 aromatic rings. The van der Waals surface area contributed by atoms with Gasteiger partial charge in [0.2, 0.25) is 0 Å². The summed E-state index contributed by atoms with van der Waals surface area (Å²) in [5.74, 6) is 2.03. The van der Waals surface area contributed by atoms with E-state index < -0.39 is 0 Å². The van der Waals surface area contributed by atoms with Gasteiger partial charge in [0.1, 0.15) is 11.6 Å². The van der Waals surface area contributed by atoms with E-state index in [1.807, 2.05) is 6.92 Å². The normalized spacial score (nSPS) is 15.0. The Kier molecular flexibility index (Phi) is 2.86. The molecular weight excluding hydrogens is 296 g/mol. The zero-order valence-corrected chi connectivity index (χ0v) is 13.6. The van der Waals surface area contributed by atoms with Crippen LogP contribution in [-0.4, -0.2) is 21.3 Å². The number of fused-ring (bicyclic) bond motifs is 4. The molecule has 5 rings (SSSR count). The molecule has 0 unspecified atom stereocenters. The third-order valence-corrected chi connectivity index (χ3v) is 5.00. The van der Waals surface area contributed by atoms with Crippen molar-refractivity contribution in [3.05, 3.63) is 75.7 Å². The number of aromatic nitrogens is 3. The Morgan fingerprint density at radius 1 is 1.04 bits per heavy atom. The second kappa shape index (κ2) is 5.06. The van der Waals surface area contributed by atoms with E-state index in [4.69, 9.17) is 0 Å². The number of nitrogens with one attached hydrogen (secondary N) is 1. The van der Waals surface area contributed by atoms with Gasteiger partial charge in [-0.1, -0.05) is 30.3 Å². The average molecular weight is 314 g/mol. The van der Waals surface area contributed by atoms with Gasteiger partial charge in [-0.05, 0) is 52.6 Å². The lowest BCUT2D eigenvalue weighted by Crippen LogP contribution is -2.36. The van der Waals surface area contributed by atoms with Crippen molar-refractivity contribution in [1.29, 1.82) is 0 Å². The molecular formula is C20H18N4. The Balaban J connectivity index is 1.72. The molecule has 3 heterocycles. The van der Waals surface area contributed by atoms with E-state index in [0.29, 0.717) is 0 Å².